The molecule has 56 heavy (non-hydrogen) atoms. The van der Waals surface area contributed by atoms with Crippen LogP contribution < -0.4 is 39.6 Å². The van der Waals surface area contributed by atoms with E-state index in [1.54, 1.807) is 38.6 Å². The molecule has 4 aromatic carbocycles. The highest BCUT2D eigenvalue weighted by Crippen LogP contribution is 2.40. The number of rotatable bonds is 19. The Balaban J connectivity index is 1.27. The molecule has 0 unspecified atom stereocenters. The second-order valence-electron chi connectivity index (χ2n) is 13.3. The topological polar surface area (TPSA) is 162 Å². The Labute approximate surface area is 335 Å². The van der Waals surface area contributed by atoms with Gasteiger partial charge >= 0.3 is 12.0 Å². The zero-order chi connectivity index (χ0) is 40.1. The van der Waals surface area contributed by atoms with Crippen LogP contribution in [0.25, 0.3) is 10.8 Å². The molecule has 296 valence electrons. The second-order valence-corrected chi connectivity index (χ2v) is 15.0. The fourth-order valence-electron chi connectivity index (χ4n) is 5.57. The minimum atomic E-state index is -0.842. The maximum absolute atomic E-state index is 13.5. The van der Waals surface area contributed by atoms with Gasteiger partial charge in [-0.1, -0.05) is 57.0 Å². The quantitative estimate of drug-likeness (QED) is 0.0397. The third-order valence-electron chi connectivity index (χ3n) is 8.19. The van der Waals surface area contributed by atoms with Crippen molar-refractivity contribution in [3.05, 3.63) is 90.6 Å². The molecule has 0 saturated heterocycles. The van der Waals surface area contributed by atoms with Crippen LogP contribution in [-0.4, -0.2) is 73.9 Å². The number of carbonyl (C=O) groups excluding carboxylic acids is 1. The number of methoxy groups -OCH3 is 2. The van der Waals surface area contributed by atoms with E-state index in [0.717, 1.165) is 22.0 Å². The molecule has 0 aliphatic carbocycles. The molecular formula is C41H47N5O8S2. The Morgan fingerprint density at radius 1 is 0.804 bits per heavy atom. The van der Waals surface area contributed by atoms with Gasteiger partial charge in [-0.05, 0) is 41.3 Å². The maximum Gasteiger partial charge on any atom is 0.323 e. The minimum Gasteiger partial charge on any atom is -0.497 e. The van der Waals surface area contributed by atoms with Crippen molar-refractivity contribution in [3.63, 3.8) is 0 Å². The van der Waals surface area contributed by atoms with Gasteiger partial charge in [-0.3, -0.25) is 4.79 Å². The first kappa shape index (κ1) is 41.6. The molecule has 5 N–H and O–H groups in total. The first-order valence-electron chi connectivity index (χ1n) is 17.7. The van der Waals surface area contributed by atoms with Crippen molar-refractivity contribution in [1.29, 1.82) is 0 Å². The van der Waals surface area contributed by atoms with E-state index in [4.69, 9.17) is 28.8 Å². The Morgan fingerprint density at radius 2 is 1.55 bits per heavy atom. The van der Waals surface area contributed by atoms with Crippen molar-refractivity contribution in [2.45, 2.75) is 26.2 Å². The van der Waals surface area contributed by atoms with Crippen LogP contribution in [0.5, 0.6) is 28.7 Å². The van der Waals surface area contributed by atoms with Crippen molar-refractivity contribution >= 4 is 75.1 Å². The van der Waals surface area contributed by atoms with E-state index in [1.807, 2.05) is 66.9 Å². The fourth-order valence-corrected chi connectivity index (χ4v) is 6.49. The summed E-state index contributed by atoms with van der Waals surface area (Å²) in [6, 6.07) is 23.8. The average molecular weight is 802 g/mol. The van der Waals surface area contributed by atoms with Gasteiger partial charge in [0.1, 0.15) is 35.4 Å². The summed E-state index contributed by atoms with van der Waals surface area (Å²) in [5.74, 6) is 3.17. The lowest BCUT2D eigenvalue weighted by atomic mass is 9.86. The van der Waals surface area contributed by atoms with Crippen molar-refractivity contribution in [2.75, 3.05) is 72.5 Å². The van der Waals surface area contributed by atoms with Crippen molar-refractivity contribution in [3.8, 4) is 28.7 Å². The summed E-state index contributed by atoms with van der Waals surface area (Å²) < 4.78 is 32.3. The Morgan fingerprint density at radius 3 is 2.29 bits per heavy atom. The molecule has 13 nitrogen and oxygen atoms in total. The van der Waals surface area contributed by atoms with Crippen LogP contribution in [0, 0.1) is 0 Å². The smallest absolute Gasteiger partial charge is 0.323 e. The van der Waals surface area contributed by atoms with Crippen LogP contribution in [-0.2, 0) is 14.9 Å². The largest absolute Gasteiger partial charge is 0.497 e. The van der Waals surface area contributed by atoms with Crippen LogP contribution >= 0.6 is 23.7 Å². The van der Waals surface area contributed by atoms with Crippen LogP contribution in [0.3, 0.4) is 0 Å². The van der Waals surface area contributed by atoms with Crippen LogP contribution in [0.4, 0.5) is 33.4 Å². The molecule has 1 aromatic heterocycles. The summed E-state index contributed by atoms with van der Waals surface area (Å²) in [5, 5.41) is 19.6. The molecule has 0 atom stereocenters. The standard InChI is InChI=1S/C41H47N5O8S2/c1-41(2,3)26-19-34(39(51-5)35(20-26)46-55-6)45-40(49)44-33-11-12-36(32-10-8-7-9-31(32)33)54-28-13-14-42-37(24-28)43-27-21-29(50-4)23-30(22-27)53-16-15-52-17-18-56-25-38(47)48/h7-14,19-24,46H,15-18,25H2,1-6H3,(H,42,43)(H,47,48)(H2,44,45,49). The molecule has 5 rings (SSSR count). The lowest BCUT2D eigenvalue weighted by molar-refractivity contribution is -0.133. The SMILES string of the molecule is COc1cc(Nc2cc(Oc3ccc(NC(=O)Nc4cc(C(C)(C)C)cc(NSC)c4OC)c4ccccc34)ccn2)cc(OCCOCCSCC(=O)O)c1. The Bertz CT molecular complexity index is 2130. The van der Waals surface area contributed by atoms with Crippen molar-refractivity contribution in [1.82, 2.24) is 4.98 Å². The average Bonchev–Trinajstić information content (AvgIpc) is 3.16. The van der Waals surface area contributed by atoms with E-state index in [1.165, 1.54) is 23.7 Å². The van der Waals surface area contributed by atoms with Crippen molar-refractivity contribution in [2.24, 2.45) is 0 Å². The zero-order valence-electron chi connectivity index (χ0n) is 32.2. The van der Waals surface area contributed by atoms with E-state index in [2.05, 4.69) is 46.4 Å². The van der Waals surface area contributed by atoms with Gasteiger partial charge in [-0.2, -0.15) is 0 Å². The van der Waals surface area contributed by atoms with Gasteiger partial charge in [0.25, 0.3) is 0 Å². The Hall–Kier alpha value is -5.51. The van der Waals surface area contributed by atoms with Crippen LogP contribution in [0.2, 0.25) is 0 Å². The molecule has 15 heteroatoms. The van der Waals surface area contributed by atoms with E-state index in [9.17, 15) is 9.59 Å². The highest BCUT2D eigenvalue weighted by Gasteiger charge is 2.21. The van der Waals surface area contributed by atoms with E-state index in [-0.39, 0.29) is 11.2 Å². The number of hydrogen-bond donors (Lipinski definition) is 5. The number of pyridine rings is 1. The van der Waals surface area contributed by atoms with Gasteiger partial charge in [0.2, 0.25) is 0 Å². The lowest BCUT2D eigenvalue weighted by Crippen LogP contribution is -2.21. The number of fused-ring (bicyclic) bond motifs is 1. The predicted molar refractivity (Wildman–Crippen MR) is 227 cm³/mol. The number of thioether (sulfide) groups is 1. The van der Waals surface area contributed by atoms with Gasteiger partial charge in [0.05, 0.1) is 50.2 Å². The van der Waals surface area contributed by atoms with E-state index >= 15 is 0 Å². The normalized spacial score (nSPS) is 11.1. The number of amides is 2. The number of urea groups is 1. The molecule has 5 aromatic rings. The third-order valence-corrected chi connectivity index (χ3v) is 9.52. The number of carbonyl (C=O) groups is 2. The zero-order valence-corrected chi connectivity index (χ0v) is 33.8. The minimum absolute atomic E-state index is 0.0517. The number of aromatic nitrogens is 1. The highest BCUT2D eigenvalue weighted by molar-refractivity contribution is 8.00. The van der Waals surface area contributed by atoms with Gasteiger partial charge in [0, 0.05) is 58.9 Å². The molecule has 0 saturated carbocycles. The number of ether oxygens (including phenoxy) is 5. The summed E-state index contributed by atoms with van der Waals surface area (Å²) in [5.41, 5.74) is 3.48. The van der Waals surface area contributed by atoms with E-state index < -0.39 is 12.0 Å². The summed E-state index contributed by atoms with van der Waals surface area (Å²) in [4.78, 5) is 28.6. The van der Waals surface area contributed by atoms with Gasteiger partial charge in [-0.15, -0.1) is 11.8 Å². The molecule has 0 spiro atoms. The Kier molecular flexibility index (Phi) is 14.8. The number of nitrogens with one attached hydrogen (secondary N) is 4. The van der Waals surface area contributed by atoms with Gasteiger partial charge in [-0.25, -0.2) is 9.78 Å². The van der Waals surface area contributed by atoms with Crippen LogP contribution in [0.1, 0.15) is 26.3 Å². The van der Waals surface area contributed by atoms with Crippen molar-refractivity contribution < 1.29 is 38.4 Å². The molecule has 0 aliphatic heterocycles. The van der Waals surface area contributed by atoms with E-state index in [0.29, 0.717) is 77.2 Å². The number of benzene rings is 4. The molecule has 1 heterocycles. The molecular weight excluding hydrogens is 755 g/mol. The first-order valence-corrected chi connectivity index (χ1v) is 20.1. The second kappa shape index (κ2) is 19.9. The number of carboxylic acid groups (broad SMARTS) is 1. The number of nitrogens with zero attached hydrogens (tertiary/aromatic N) is 1. The number of aliphatic carboxylic acids is 1. The summed E-state index contributed by atoms with van der Waals surface area (Å²) in [6.07, 6.45) is 3.57. The number of carboxylic acids is 1. The number of anilines is 5. The molecule has 0 fully saturated rings. The molecule has 0 aliphatic rings. The predicted octanol–water partition coefficient (Wildman–Crippen LogP) is 9.63. The number of hydrogen-bond acceptors (Lipinski definition) is 12. The monoisotopic (exact) mass is 801 g/mol. The maximum atomic E-state index is 13.5. The third kappa shape index (κ3) is 11.7. The summed E-state index contributed by atoms with van der Waals surface area (Å²) >= 11 is 2.75. The summed E-state index contributed by atoms with van der Waals surface area (Å²) in [6.45, 7) is 7.44. The lowest BCUT2D eigenvalue weighted by Gasteiger charge is -2.24. The summed E-state index contributed by atoms with van der Waals surface area (Å²) in [7, 11) is 3.16. The fraction of sp³-hybridized carbons (Fsp3) is 0.293. The molecule has 2 amide bonds. The molecule has 0 bridgehead atoms. The van der Waals surface area contributed by atoms with Gasteiger partial charge in [0.15, 0.2) is 5.75 Å². The van der Waals surface area contributed by atoms with Crippen LogP contribution in [0.15, 0.2) is 85.1 Å². The first-order chi connectivity index (χ1) is 27.0. The van der Waals surface area contributed by atoms with Gasteiger partial charge < -0.3 is 49.5 Å². The molecule has 0 radical (unpaired) electrons. The highest BCUT2D eigenvalue weighted by atomic mass is 32.2.